The van der Waals surface area contributed by atoms with Gasteiger partial charge in [-0.05, 0) is 67.1 Å². The number of nitrogens with one attached hydrogen (secondary N) is 1. The summed E-state index contributed by atoms with van der Waals surface area (Å²) in [5.41, 5.74) is 2.76. The molecule has 0 fully saturated rings. The van der Waals surface area contributed by atoms with Crippen LogP contribution in [0.15, 0.2) is 59.0 Å². The van der Waals surface area contributed by atoms with Crippen LogP contribution in [0.25, 0.3) is 11.3 Å². The molecule has 1 heterocycles. The third-order valence-electron chi connectivity index (χ3n) is 3.72. The number of hydrogen-bond acceptors (Lipinski definition) is 3. The number of carboxylic acids is 1. The zero-order chi connectivity index (χ0) is 17.1. The largest absolute Gasteiger partial charge is 0.478 e. The molecule has 1 aromatic heterocycles. The fourth-order valence-electron chi connectivity index (χ4n) is 2.42. The number of rotatable bonds is 5. The van der Waals surface area contributed by atoms with Crippen molar-refractivity contribution in [2.24, 2.45) is 0 Å². The van der Waals surface area contributed by atoms with E-state index in [-0.39, 0.29) is 11.4 Å². The molecule has 0 amide bonds. The molecule has 122 valence electrons. The highest BCUT2D eigenvalue weighted by molar-refractivity contribution is 5.88. The van der Waals surface area contributed by atoms with E-state index < -0.39 is 5.97 Å². The molecule has 0 aliphatic carbocycles. The standard InChI is InChI=1S/C19H16FNO3/c1-12-10-14(19(22)23)4-8-17(12)21-11-16-7-9-18(24-16)13-2-5-15(20)6-3-13/h2-10,21H,11H2,1H3,(H,22,23). The molecule has 0 aliphatic heterocycles. The van der Waals surface area contributed by atoms with E-state index >= 15 is 0 Å². The number of hydrogen-bond donors (Lipinski definition) is 2. The van der Waals surface area contributed by atoms with Crippen LogP contribution < -0.4 is 5.32 Å². The number of furan rings is 1. The highest BCUT2D eigenvalue weighted by Crippen LogP contribution is 2.23. The Morgan fingerprint density at radius 3 is 2.54 bits per heavy atom. The second-order valence-electron chi connectivity index (χ2n) is 5.46. The van der Waals surface area contributed by atoms with Crippen molar-refractivity contribution < 1.29 is 18.7 Å². The van der Waals surface area contributed by atoms with Gasteiger partial charge in [0.2, 0.25) is 0 Å². The van der Waals surface area contributed by atoms with Crippen LogP contribution in [-0.2, 0) is 6.54 Å². The van der Waals surface area contributed by atoms with Crippen molar-refractivity contribution in [2.45, 2.75) is 13.5 Å². The van der Waals surface area contributed by atoms with Crippen molar-refractivity contribution >= 4 is 11.7 Å². The molecule has 0 unspecified atom stereocenters. The second-order valence-corrected chi connectivity index (χ2v) is 5.46. The summed E-state index contributed by atoms with van der Waals surface area (Å²) >= 11 is 0. The van der Waals surface area contributed by atoms with Gasteiger partial charge in [-0.3, -0.25) is 0 Å². The van der Waals surface area contributed by atoms with Crippen molar-refractivity contribution in [3.05, 3.63) is 77.3 Å². The van der Waals surface area contributed by atoms with E-state index in [9.17, 15) is 9.18 Å². The molecule has 3 rings (SSSR count). The Kier molecular flexibility index (Phi) is 4.33. The van der Waals surface area contributed by atoms with Crippen molar-refractivity contribution in [2.75, 3.05) is 5.32 Å². The molecule has 0 radical (unpaired) electrons. The maximum Gasteiger partial charge on any atom is 0.335 e. The van der Waals surface area contributed by atoms with E-state index in [2.05, 4.69) is 5.32 Å². The first-order chi connectivity index (χ1) is 11.5. The van der Waals surface area contributed by atoms with Crippen molar-refractivity contribution in [1.82, 2.24) is 0 Å². The summed E-state index contributed by atoms with van der Waals surface area (Å²) in [5, 5.41) is 12.2. The molecule has 4 nitrogen and oxygen atoms in total. The van der Waals surface area contributed by atoms with E-state index in [1.54, 1.807) is 30.3 Å². The maximum absolute atomic E-state index is 13.0. The molecule has 0 saturated carbocycles. The van der Waals surface area contributed by atoms with Crippen molar-refractivity contribution in [1.29, 1.82) is 0 Å². The van der Waals surface area contributed by atoms with E-state index in [1.165, 1.54) is 12.1 Å². The van der Waals surface area contributed by atoms with E-state index in [1.807, 2.05) is 19.1 Å². The highest BCUT2D eigenvalue weighted by Gasteiger charge is 2.08. The van der Waals surface area contributed by atoms with Gasteiger partial charge in [0, 0.05) is 11.3 Å². The summed E-state index contributed by atoms with van der Waals surface area (Å²) in [4.78, 5) is 10.9. The van der Waals surface area contributed by atoms with E-state index in [0.29, 0.717) is 12.3 Å². The Balaban J connectivity index is 1.69. The molecule has 2 N–H and O–H groups in total. The third kappa shape index (κ3) is 3.46. The quantitative estimate of drug-likeness (QED) is 0.713. The highest BCUT2D eigenvalue weighted by atomic mass is 19.1. The minimum absolute atomic E-state index is 0.259. The van der Waals surface area contributed by atoms with Crippen LogP contribution in [0.1, 0.15) is 21.7 Å². The van der Waals surface area contributed by atoms with Gasteiger partial charge in [-0.15, -0.1) is 0 Å². The molecule has 24 heavy (non-hydrogen) atoms. The zero-order valence-corrected chi connectivity index (χ0v) is 13.0. The number of aryl methyl sites for hydroxylation is 1. The molecule has 0 spiro atoms. The van der Waals surface area contributed by atoms with Crippen molar-refractivity contribution in [3.8, 4) is 11.3 Å². The minimum Gasteiger partial charge on any atom is -0.478 e. The number of carbonyl (C=O) groups is 1. The lowest BCUT2D eigenvalue weighted by atomic mass is 10.1. The first kappa shape index (κ1) is 15.8. The normalized spacial score (nSPS) is 10.6. The van der Waals surface area contributed by atoms with Crippen LogP contribution in [0.3, 0.4) is 0 Å². The summed E-state index contributed by atoms with van der Waals surface area (Å²) in [7, 11) is 0. The number of benzene rings is 2. The van der Waals surface area contributed by atoms with Crippen LogP contribution in [-0.4, -0.2) is 11.1 Å². The lowest BCUT2D eigenvalue weighted by molar-refractivity contribution is 0.0697. The molecular formula is C19H16FNO3. The Morgan fingerprint density at radius 2 is 1.88 bits per heavy atom. The van der Waals surface area contributed by atoms with E-state index in [0.717, 1.165) is 22.6 Å². The summed E-state index contributed by atoms with van der Waals surface area (Å²) < 4.78 is 18.7. The van der Waals surface area contributed by atoms with Gasteiger partial charge in [-0.2, -0.15) is 0 Å². The number of halogens is 1. The number of carboxylic acid groups (broad SMARTS) is 1. The fraction of sp³-hybridized carbons (Fsp3) is 0.105. The average molecular weight is 325 g/mol. The SMILES string of the molecule is Cc1cc(C(=O)O)ccc1NCc1ccc(-c2ccc(F)cc2)o1. The van der Waals surface area contributed by atoms with Gasteiger partial charge in [-0.25, -0.2) is 9.18 Å². The van der Waals surface area contributed by atoms with Gasteiger partial charge < -0.3 is 14.8 Å². The lowest BCUT2D eigenvalue weighted by Gasteiger charge is -2.09. The maximum atomic E-state index is 13.0. The fourth-order valence-corrected chi connectivity index (χ4v) is 2.42. The zero-order valence-electron chi connectivity index (χ0n) is 13.0. The smallest absolute Gasteiger partial charge is 0.335 e. The number of anilines is 1. The summed E-state index contributed by atoms with van der Waals surface area (Å²) in [6.45, 7) is 2.31. The molecular weight excluding hydrogens is 309 g/mol. The first-order valence-electron chi connectivity index (χ1n) is 7.45. The summed E-state index contributed by atoms with van der Waals surface area (Å²) in [6, 6.07) is 14.7. The monoisotopic (exact) mass is 325 g/mol. The molecule has 0 aliphatic rings. The predicted octanol–water partition coefficient (Wildman–Crippen LogP) is 4.70. The molecule has 3 aromatic rings. The third-order valence-corrected chi connectivity index (χ3v) is 3.72. The molecule has 0 bridgehead atoms. The Labute approximate surface area is 138 Å². The predicted molar refractivity (Wildman–Crippen MR) is 89.6 cm³/mol. The van der Waals surface area contributed by atoms with Crippen LogP contribution in [0.5, 0.6) is 0 Å². The summed E-state index contributed by atoms with van der Waals surface area (Å²) in [5.74, 6) is 0.174. The number of aromatic carboxylic acids is 1. The van der Waals surface area contributed by atoms with Crippen LogP contribution in [0.4, 0.5) is 10.1 Å². The average Bonchev–Trinajstić information content (AvgIpc) is 3.03. The topological polar surface area (TPSA) is 62.5 Å². The Bertz CT molecular complexity index is 869. The first-order valence-corrected chi connectivity index (χ1v) is 7.45. The van der Waals surface area contributed by atoms with Crippen LogP contribution in [0, 0.1) is 12.7 Å². The van der Waals surface area contributed by atoms with Gasteiger partial charge in [0.05, 0.1) is 12.1 Å². The van der Waals surface area contributed by atoms with Crippen LogP contribution >= 0.6 is 0 Å². The second kappa shape index (κ2) is 6.58. The van der Waals surface area contributed by atoms with Crippen LogP contribution in [0.2, 0.25) is 0 Å². The van der Waals surface area contributed by atoms with Crippen molar-refractivity contribution in [3.63, 3.8) is 0 Å². The van der Waals surface area contributed by atoms with Gasteiger partial charge in [0.1, 0.15) is 17.3 Å². The minimum atomic E-state index is -0.945. The van der Waals surface area contributed by atoms with Gasteiger partial charge in [-0.1, -0.05) is 0 Å². The Hall–Kier alpha value is -3.08. The molecule has 0 saturated heterocycles. The van der Waals surface area contributed by atoms with E-state index in [4.69, 9.17) is 9.52 Å². The molecule has 5 heteroatoms. The lowest BCUT2D eigenvalue weighted by Crippen LogP contribution is -2.02. The van der Waals surface area contributed by atoms with Gasteiger partial charge >= 0.3 is 5.97 Å². The van der Waals surface area contributed by atoms with Gasteiger partial charge in [0.25, 0.3) is 0 Å². The Morgan fingerprint density at radius 1 is 1.12 bits per heavy atom. The summed E-state index contributed by atoms with van der Waals surface area (Å²) in [6.07, 6.45) is 0. The molecule has 2 aromatic carbocycles. The molecule has 0 atom stereocenters. The van der Waals surface area contributed by atoms with Gasteiger partial charge in [0.15, 0.2) is 0 Å².